The molecule has 0 radical (unpaired) electrons. The number of ether oxygens (including phenoxy) is 1. The third-order valence-corrected chi connectivity index (χ3v) is 2.31. The Balaban J connectivity index is 2.06. The fraction of sp³-hybridized carbons (Fsp3) is 0.0833. The van der Waals surface area contributed by atoms with Crippen molar-refractivity contribution in [2.45, 2.75) is 6.42 Å². The van der Waals surface area contributed by atoms with Crippen molar-refractivity contribution in [1.29, 1.82) is 0 Å². The Bertz CT molecular complexity index is 625. The fourth-order valence-corrected chi connectivity index (χ4v) is 1.41. The van der Waals surface area contributed by atoms with Crippen LogP contribution in [0, 0.1) is 10.1 Å². The summed E-state index contributed by atoms with van der Waals surface area (Å²) in [5.74, 6) is -0.509. The lowest BCUT2D eigenvalue weighted by Gasteiger charge is -2.03. The van der Waals surface area contributed by atoms with E-state index in [9.17, 15) is 14.9 Å². The van der Waals surface area contributed by atoms with E-state index in [2.05, 4.69) is 9.97 Å². The van der Waals surface area contributed by atoms with Gasteiger partial charge in [-0.1, -0.05) is 12.1 Å². The zero-order chi connectivity index (χ0) is 14.5. The van der Waals surface area contributed by atoms with Crippen molar-refractivity contribution < 1.29 is 19.6 Å². The highest BCUT2D eigenvalue weighted by Crippen LogP contribution is 2.19. The second-order valence-corrected chi connectivity index (χ2v) is 3.80. The molecule has 1 aromatic carbocycles. The van der Waals surface area contributed by atoms with E-state index in [4.69, 9.17) is 9.84 Å². The van der Waals surface area contributed by atoms with Crippen molar-refractivity contribution in [1.82, 2.24) is 9.97 Å². The maximum Gasteiger partial charge on any atom is 0.322 e. The van der Waals surface area contributed by atoms with E-state index in [0.29, 0.717) is 11.3 Å². The molecular weight excluding hydrogens is 266 g/mol. The standard InChI is InChI=1S/C12H9N3O5/c16-11(17)5-8-1-3-10(4-2-8)20-12-13-6-9(7-14-12)15(18)19/h1-4,6-7H,5H2,(H,16,17). The highest BCUT2D eigenvalue weighted by atomic mass is 16.6. The number of hydrogen-bond acceptors (Lipinski definition) is 6. The van der Waals surface area contributed by atoms with E-state index < -0.39 is 10.9 Å². The first-order chi connectivity index (χ1) is 9.54. The molecule has 1 aromatic heterocycles. The van der Waals surface area contributed by atoms with Crippen LogP contribution in [-0.2, 0) is 11.2 Å². The maximum atomic E-state index is 10.5. The van der Waals surface area contributed by atoms with Crippen molar-refractivity contribution >= 4 is 11.7 Å². The lowest BCUT2D eigenvalue weighted by atomic mass is 10.1. The summed E-state index contributed by atoms with van der Waals surface area (Å²) in [6.45, 7) is 0. The minimum absolute atomic E-state index is 0.0263. The van der Waals surface area contributed by atoms with E-state index in [1.807, 2.05) is 0 Å². The molecule has 0 spiro atoms. The van der Waals surface area contributed by atoms with Gasteiger partial charge in [-0.25, -0.2) is 0 Å². The molecule has 0 atom stereocenters. The molecular formula is C12H9N3O5. The van der Waals surface area contributed by atoms with Crippen molar-refractivity contribution in [2.75, 3.05) is 0 Å². The monoisotopic (exact) mass is 275 g/mol. The summed E-state index contributed by atoms with van der Waals surface area (Å²) < 4.78 is 5.28. The third-order valence-electron chi connectivity index (χ3n) is 2.31. The van der Waals surface area contributed by atoms with Gasteiger partial charge in [0.2, 0.25) is 0 Å². The number of rotatable bonds is 5. The van der Waals surface area contributed by atoms with Gasteiger partial charge in [0.05, 0.1) is 11.3 Å². The average Bonchev–Trinajstić information content (AvgIpc) is 2.41. The van der Waals surface area contributed by atoms with Gasteiger partial charge in [-0.15, -0.1) is 0 Å². The number of nitro groups is 1. The molecule has 0 aliphatic rings. The predicted molar refractivity (Wildman–Crippen MR) is 66.5 cm³/mol. The quantitative estimate of drug-likeness (QED) is 0.653. The molecule has 8 heteroatoms. The zero-order valence-corrected chi connectivity index (χ0v) is 10.1. The van der Waals surface area contributed by atoms with Crippen LogP contribution in [0.15, 0.2) is 36.7 Å². The fourth-order valence-electron chi connectivity index (χ4n) is 1.41. The van der Waals surface area contributed by atoms with E-state index in [-0.39, 0.29) is 18.1 Å². The number of aromatic nitrogens is 2. The molecule has 2 rings (SSSR count). The second-order valence-electron chi connectivity index (χ2n) is 3.80. The molecule has 20 heavy (non-hydrogen) atoms. The summed E-state index contributed by atoms with van der Waals surface area (Å²) >= 11 is 0. The van der Waals surface area contributed by atoms with E-state index >= 15 is 0 Å². The van der Waals surface area contributed by atoms with Crippen molar-refractivity contribution in [2.24, 2.45) is 0 Å². The Morgan fingerprint density at radius 1 is 1.25 bits per heavy atom. The summed E-state index contributed by atoms with van der Waals surface area (Å²) in [6.07, 6.45) is 2.01. The summed E-state index contributed by atoms with van der Waals surface area (Å²) in [5, 5.41) is 19.1. The Kier molecular flexibility index (Phi) is 3.85. The summed E-state index contributed by atoms with van der Waals surface area (Å²) in [7, 11) is 0. The average molecular weight is 275 g/mol. The minimum atomic E-state index is -0.919. The van der Waals surface area contributed by atoms with Crippen LogP contribution in [0.5, 0.6) is 11.8 Å². The Hall–Kier alpha value is -3.03. The molecule has 1 N–H and O–H groups in total. The van der Waals surface area contributed by atoms with Crippen LogP contribution in [0.2, 0.25) is 0 Å². The number of carboxylic acid groups (broad SMARTS) is 1. The first-order valence-corrected chi connectivity index (χ1v) is 5.49. The molecule has 0 saturated carbocycles. The predicted octanol–water partition coefficient (Wildman–Crippen LogP) is 1.80. The number of benzene rings is 1. The summed E-state index contributed by atoms with van der Waals surface area (Å²) in [5.41, 5.74) is 0.406. The molecule has 0 amide bonds. The molecule has 0 fully saturated rings. The number of hydrogen-bond donors (Lipinski definition) is 1. The minimum Gasteiger partial charge on any atom is -0.481 e. The molecule has 0 bridgehead atoms. The van der Waals surface area contributed by atoms with E-state index in [1.165, 1.54) is 0 Å². The molecule has 8 nitrogen and oxygen atoms in total. The molecule has 2 aromatic rings. The van der Waals surface area contributed by atoms with Crippen molar-refractivity contribution in [3.8, 4) is 11.8 Å². The van der Waals surface area contributed by atoms with Gasteiger partial charge >= 0.3 is 17.7 Å². The van der Waals surface area contributed by atoms with Gasteiger partial charge in [-0.05, 0) is 17.7 Å². The van der Waals surface area contributed by atoms with Crippen LogP contribution < -0.4 is 4.74 Å². The van der Waals surface area contributed by atoms with Crippen LogP contribution >= 0.6 is 0 Å². The third kappa shape index (κ3) is 3.48. The Morgan fingerprint density at radius 3 is 2.35 bits per heavy atom. The van der Waals surface area contributed by atoms with Gasteiger partial charge in [0, 0.05) is 0 Å². The van der Waals surface area contributed by atoms with Crippen molar-refractivity contribution in [3.05, 3.63) is 52.3 Å². The van der Waals surface area contributed by atoms with E-state index in [1.54, 1.807) is 24.3 Å². The van der Waals surface area contributed by atoms with Crippen molar-refractivity contribution in [3.63, 3.8) is 0 Å². The largest absolute Gasteiger partial charge is 0.481 e. The SMILES string of the molecule is O=C(O)Cc1ccc(Oc2ncc([N+](=O)[O-])cn2)cc1. The molecule has 0 aliphatic carbocycles. The van der Waals surface area contributed by atoms with Gasteiger partial charge in [0.25, 0.3) is 0 Å². The zero-order valence-electron chi connectivity index (χ0n) is 10.1. The van der Waals surface area contributed by atoms with Gasteiger partial charge < -0.3 is 9.84 Å². The van der Waals surface area contributed by atoms with Gasteiger partial charge in [-0.2, -0.15) is 9.97 Å². The van der Waals surface area contributed by atoms with E-state index in [0.717, 1.165) is 12.4 Å². The normalized spacial score (nSPS) is 10.0. The van der Waals surface area contributed by atoms with Crippen LogP contribution in [0.3, 0.4) is 0 Å². The topological polar surface area (TPSA) is 115 Å². The molecule has 1 heterocycles. The molecule has 0 aliphatic heterocycles. The van der Waals surface area contributed by atoms with Crippen LogP contribution in [-0.4, -0.2) is 26.0 Å². The Labute approximate surface area is 112 Å². The number of carbonyl (C=O) groups is 1. The number of nitrogens with zero attached hydrogens (tertiary/aromatic N) is 3. The van der Waals surface area contributed by atoms with Crippen LogP contribution in [0.25, 0.3) is 0 Å². The van der Waals surface area contributed by atoms with Gasteiger partial charge in [-0.3, -0.25) is 14.9 Å². The van der Waals surface area contributed by atoms with Crippen LogP contribution in [0.4, 0.5) is 5.69 Å². The van der Waals surface area contributed by atoms with Gasteiger partial charge in [0.15, 0.2) is 0 Å². The highest BCUT2D eigenvalue weighted by molar-refractivity contribution is 5.70. The molecule has 0 saturated heterocycles. The maximum absolute atomic E-state index is 10.5. The summed E-state index contributed by atoms with van der Waals surface area (Å²) in [4.78, 5) is 27.7. The first kappa shape index (κ1) is 13.4. The molecule has 102 valence electrons. The smallest absolute Gasteiger partial charge is 0.322 e. The number of carboxylic acids is 1. The van der Waals surface area contributed by atoms with Crippen LogP contribution in [0.1, 0.15) is 5.56 Å². The van der Waals surface area contributed by atoms with Gasteiger partial charge in [0.1, 0.15) is 18.1 Å². The summed E-state index contributed by atoms with van der Waals surface area (Å²) in [6, 6.07) is 6.33. The lowest BCUT2D eigenvalue weighted by Crippen LogP contribution is -1.99. The second kappa shape index (κ2) is 5.74. The molecule has 0 unspecified atom stereocenters. The lowest BCUT2D eigenvalue weighted by molar-refractivity contribution is -0.385. The first-order valence-electron chi connectivity index (χ1n) is 5.49. The Morgan fingerprint density at radius 2 is 1.85 bits per heavy atom. The highest BCUT2D eigenvalue weighted by Gasteiger charge is 2.08. The number of aliphatic carboxylic acids is 1.